The first-order valence-corrected chi connectivity index (χ1v) is 9.70. The minimum Gasteiger partial charge on any atom is -0.376 e. The van der Waals surface area contributed by atoms with Crippen LogP contribution in [0.3, 0.4) is 0 Å². The zero-order valence-electron chi connectivity index (χ0n) is 15.8. The molecular weight excluding hydrogens is 316 g/mol. The molecule has 0 radical (unpaired) electrons. The molecule has 6 heteroatoms. The molecule has 2 aliphatic heterocycles. The first kappa shape index (κ1) is 18.4. The molecule has 3 rings (SSSR count). The highest BCUT2D eigenvalue weighted by Crippen LogP contribution is 2.22. The molecule has 1 aromatic heterocycles. The summed E-state index contributed by atoms with van der Waals surface area (Å²) < 4.78 is 7.70. The van der Waals surface area contributed by atoms with E-state index in [1.807, 2.05) is 13.8 Å². The predicted molar refractivity (Wildman–Crippen MR) is 97.5 cm³/mol. The number of nitrogens with zero attached hydrogens (tertiary/aromatic N) is 3. The summed E-state index contributed by atoms with van der Waals surface area (Å²) in [5.74, 6) is 0.121. The van der Waals surface area contributed by atoms with Crippen LogP contribution in [-0.2, 0) is 16.1 Å². The summed E-state index contributed by atoms with van der Waals surface area (Å²) >= 11 is 0. The molecule has 25 heavy (non-hydrogen) atoms. The van der Waals surface area contributed by atoms with Crippen molar-refractivity contribution in [2.45, 2.75) is 77.6 Å². The summed E-state index contributed by atoms with van der Waals surface area (Å²) in [6.45, 7) is 9.48. The van der Waals surface area contributed by atoms with Gasteiger partial charge >= 0.3 is 0 Å². The molecular formula is C19H32N4O2. The van der Waals surface area contributed by atoms with Gasteiger partial charge in [-0.15, -0.1) is 0 Å². The van der Waals surface area contributed by atoms with Crippen LogP contribution in [0.1, 0.15) is 50.4 Å². The minimum atomic E-state index is -0.108. The molecule has 1 N–H and O–H groups in total. The molecule has 0 bridgehead atoms. The third kappa shape index (κ3) is 4.61. The molecule has 1 amide bonds. The van der Waals surface area contributed by atoms with Crippen molar-refractivity contribution in [2.24, 2.45) is 0 Å². The van der Waals surface area contributed by atoms with Crippen LogP contribution in [0.2, 0.25) is 0 Å². The Morgan fingerprint density at radius 2 is 2.20 bits per heavy atom. The summed E-state index contributed by atoms with van der Waals surface area (Å²) in [5.41, 5.74) is 2.25. The average Bonchev–Trinajstić information content (AvgIpc) is 3.22. The lowest BCUT2D eigenvalue weighted by atomic mass is 9.99. The molecule has 3 heterocycles. The number of nitrogens with one attached hydrogen (secondary N) is 1. The zero-order chi connectivity index (χ0) is 17.8. The van der Waals surface area contributed by atoms with E-state index in [0.717, 1.165) is 51.1 Å². The summed E-state index contributed by atoms with van der Waals surface area (Å²) in [7, 11) is 0. The Hall–Kier alpha value is -1.40. The molecule has 2 aliphatic rings. The second-order valence-electron chi connectivity index (χ2n) is 7.55. The second kappa shape index (κ2) is 8.32. The fourth-order valence-corrected chi connectivity index (χ4v) is 4.11. The van der Waals surface area contributed by atoms with Crippen LogP contribution in [0.4, 0.5) is 0 Å². The molecule has 2 saturated heterocycles. The van der Waals surface area contributed by atoms with Gasteiger partial charge < -0.3 is 10.1 Å². The molecule has 1 aromatic rings. The molecule has 3 unspecified atom stereocenters. The number of aromatic nitrogens is 2. The Balaban J connectivity index is 1.58. The maximum atomic E-state index is 12.6. The van der Waals surface area contributed by atoms with Crippen molar-refractivity contribution in [1.82, 2.24) is 20.0 Å². The fraction of sp³-hybridized carbons (Fsp3) is 0.789. The second-order valence-corrected chi connectivity index (χ2v) is 7.55. The van der Waals surface area contributed by atoms with E-state index in [4.69, 9.17) is 4.74 Å². The van der Waals surface area contributed by atoms with Crippen LogP contribution < -0.4 is 5.32 Å². The van der Waals surface area contributed by atoms with Gasteiger partial charge in [0.2, 0.25) is 5.91 Å². The summed E-state index contributed by atoms with van der Waals surface area (Å²) in [4.78, 5) is 15.0. The summed E-state index contributed by atoms with van der Waals surface area (Å²) in [6, 6.07) is 2.38. The monoisotopic (exact) mass is 348 g/mol. The molecule has 6 nitrogen and oxygen atoms in total. The van der Waals surface area contributed by atoms with Gasteiger partial charge in [-0.3, -0.25) is 14.4 Å². The Morgan fingerprint density at radius 3 is 2.88 bits per heavy atom. The first-order valence-electron chi connectivity index (χ1n) is 9.70. The van der Waals surface area contributed by atoms with Crippen molar-refractivity contribution < 1.29 is 9.53 Å². The number of hydrogen-bond acceptors (Lipinski definition) is 4. The normalized spacial score (nSPS) is 25.9. The molecule has 0 aromatic carbocycles. The maximum absolute atomic E-state index is 12.6. The van der Waals surface area contributed by atoms with Gasteiger partial charge in [-0.2, -0.15) is 5.10 Å². The van der Waals surface area contributed by atoms with Crippen molar-refractivity contribution in [3.8, 4) is 0 Å². The lowest BCUT2D eigenvalue weighted by Gasteiger charge is -2.39. The smallest absolute Gasteiger partial charge is 0.237 e. The van der Waals surface area contributed by atoms with Crippen molar-refractivity contribution in [3.63, 3.8) is 0 Å². The fourth-order valence-electron chi connectivity index (χ4n) is 4.11. The Bertz CT molecular complexity index is 580. The van der Waals surface area contributed by atoms with Crippen molar-refractivity contribution in [1.29, 1.82) is 0 Å². The Labute approximate surface area is 150 Å². The molecule has 0 spiro atoms. The Morgan fingerprint density at radius 1 is 1.36 bits per heavy atom. The lowest BCUT2D eigenvalue weighted by molar-refractivity contribution is -0.128. The number of piperidine rings is 1. The number of rotatable bonds is 6. The average molecular weight is 348 g/mol. The summed E-state index contributed by atoms with van der Waals surface area (Å²) in [6.07, 6.45) is 5.87. The molecule has 0 aliphatic carbocycles. The van der Waals surface area contributed by atoms with E-state index in [2.05, 4.69) is 33.0 Å². The lowest BCUT2D eigenvalue weighted by Crippen LogP contribution is -2.53. The van der Waals surface area contributed by atoms with Gasteiger partial charge in [-0.1, -0.05) is 6.42 Å². The number of likely N-dealkylation sites (tertiary alicyclic amines) is 1. The third-order valence-electron chi connectivity index (χ3n) is 5.56. The molecule has 0 saturated carbocycles. The maximum Gasteiger partial charge on any atom is 0.237 e. The highest BCUT2D eigenvalue weighted by Gasteiger charge is 2.31. The topological polar surface area (TPSA) is 59.4 Å². The van der Waals surface area contributed by atoms with E-state index in [9.17, 15) is 4.79 Å². The molecule has 2 fully saturated rings. The van der Waals surface area contributed by atoms with Crippen LogP contribution in [0.25, 0.3) is 0 Å². The SMILES string of the molecule is Cc1cc(C)n(CC2CCCCN2C(C)C(=O)NCC2CCCO2)n1. The van der Waals surface area contributed by atoms with Crippen LogP contribution in [0.5, 0.6) is 0 Å². The van der Waals surface area contributed by atoms with E-state index in [1.54, 1.807) is 0 Å². The molecule has 3 atom stereocenters. The van der Waals surface area contributed by atoms with E-state index in [-0.39, 0.29) is 18.1 Å². The molecule has 140 valence electrons. The zero-order valence-corrected chi connectivity index (χ0v) is 15.8. The Kier molecular flexibility index (Phi) is 6.12. The van der Waals surface area contributed by atoms with Crippen LogP contribution >= 0.6 is 0 Å². The van der Waals surface area contributed by atoms with E-state index in [0.29, 0.717) is 12.6 Å². The number of hydrogen-bond donors (Lipinski definition) is 1. The highest BCUT2D eigenvalue weighted by atomic mass is 16.5. The quantitative estimate of drug-likeness (QED) is 0.855. The van der Waals surface area contributed by atoms with Crippen molar-refractivity contribution in [3.05, 3.63) is 17.5 Å². The van der Waals surface area contributed by atoms with E-state index in [1.165, 1.54) is 12.1 Å². The van der Waals surface area contributed by atoms with Crippen molar-refractivity contribution >= 4 is 5.91 Å². The predicted octanol–water partition coefficient (Wildman–Crippen LogP) is 2.04. The first-order chi connectivity index (χ1) is 12.0. The van der Waals surface area contributed by atoms with Gasteiger partial charge in [-0.05, 0) is 59.1 Å². The van der Waals surface area contributed by atoms with Gasteiger partial charge in [-0.25, -0.2) is 0 Å². The van der Waals surface area contributed by atoms with Gasteiger partial charge in [0.05, 0.1) is 24.4 Å². The van der Waals surface area contributed by atoms with E-state index < -0.39 is 0 Å². The third-order valence-corrected chi connectivity index (χ3v) is 5.56. The highest BCUT2D eigenvalue weighted by molar-refractivity contribution is 5.81. The van der Waals surface area contributed by atoms with Crippen LogP contribution in [0.15, 0.2) is 6.07 Å². The van der Waals surface area contributed by atoms with Gasteiger partial charge in [0.25, 0.3) is 0 Å². The minimum absolute atomic E-state index is 0.108. The number of carbonyl (C=O) groups is 1. The largest absolute Gasteiger partial charge is 0.376 e. The van der Waals surface area contributed by atoms with Gasteiger partial charge in [0, 0.05) is 24.9 Å². The van der Waals surface area contributed by atoms with E-state index >= 15 is 0 Å². The number of ether oxygens (including phenoxy) is 1. The number of aryl methyl sites for hydroxylation is 2. The number of carbonyl (C=O) groups excluding carboxylic acids is 1. The summed E-state index contributed by atoms with van der Waals surface area (Å²) in [5, 5.41) is 7.70. The van der Waals surface area contributed by atoms with Crippen molar-refractivity contribution in [2.75, 3.05) is 19.7 Å². The van der Waals surface area contributed by atoms with Crippen LogP contribution in [-0.4, -0.2) is 58.5 Å². The number of amides is 1. The van der Waals surface area contributed by atoms with Gasteiger partial charge in [0.15, 0.2) is 0 Å². The van der Waals surface area contributed by atoms with Gasteiger partial charge in [0.1, 0.15) is 0 Å². The standard InChI is InChI=1S/C19H32N4O2/c1-14-11-15(2)23(21-14)13-17-7-4-5-9-22(17)16(3)19(24)20-12-18-8-6-10-25-18/h11,16-18H,4-10,12-13H2,1-3H3,(H,20,24). The van der Waals surface area contributed by atoms with Crippen LogP contribution in [0, 0.1) is 13.8 Å².